The van der Waals surface area contributed by atoms with E-state index in [0.29, 0.717) is 17.5 Å². The van der Waals surface area contributed by atoms with Gasteiger partial charge in [-0.2, -0.15) is 0 Å². The molecular weight excluding hydrogens is 230 g/mol. The van der Waals surface area contributed by atoms with Crippen LogP contribution < -0.4 is 0 Å². The molecule has 0 saturated carbocycles. The zero-order valence-corrected chi connectivity index (χ0v) is 10.7. The van der Waals surface area contributed by atoms with E-state index in [4.69, 9.17) is 0 Å². The molecule has 4 nitrogen and oxygen atoms in total. The number of hydrogen-bond donors (Lipinski definition) is 1. The van der Waals surface area contributed by atoms with Crippen LogP contribution >= 0.6 is 0 Å². The van der Waals surface area contributed by atoms with Gasteiger partial charge in [0.25, 0.3) is 0 Å². The van der Waals surface area contributed by atoms with Gasteiger partial charge in [-0.3, -0.25) is 4.79 Å². The Labute approximate surface area is 105 Å². The highest BCUT2D eigenvalue weighted by Gasteiger charge is 2.16. The van der Waals surface area contributed by atoms with E-state index in [9.17, 15) is 9.59 Å². The molecule has 1 aromatic heterocycles. The van der Waals surface area contributed by atoms with Gasteiger partial charge in [0.1, 0.15) is 0 Å². The van der Waals surface area contributed by atoms with Crippen molar-refractivity contribution in [3.63, 3.8) is 0 Å². The number of ether oxygens (including phenoxy) is 1. The molecule has 0 atom stereocenters. The summed E-state index contributed by atoms with van der Waals surface area (Å²) in [7, 11) is 1.35. The average molecular weight is 245 g/mol. The zero-order chi connectivity index (χ0) is 13.3. The number of nitrogens with one attached hydrogen (secondary N) is 1. The number of benzene rings is 1. The summed E-state index contributed by atoms with van der Waals surface area (Å²) in [5.74, 6) is -0.280. The minimum atomic E-state index is -0.382. The Morgan fingerprint density at radius 2 is 2.06 bits per heavy atom. The van der Waals surface area contributed by atoms with Gasteiger partial charge in [0, 0.05) is 28.6 Å². The van der Waals surface area contributed by atoms with Gasteiger partial charge in [-0.15, -0.1) is 0 Å². The highest BCUT2D eigenvalue weighted by molar-refractivity contribution is 6.10. The number of fused-ring (bicyclic) bond motifs is 1. The molecule has 0 saturated heterocycles. The molecule has 1 heterocycles. The van der Waals surface area contributed by atoms with E-state index in [1.54, 1.807) is 18.2 Å². The lowest BCUT2D eigenvalue weighted by Crippen LogP contribution is -2.01. The molecule has 0 aliphatic carbocycles. The molecule has 0 aliphatic heterocycles. The fourth-order valence-corrected chi connectivity index (χ4v) is 2.11. The SMILES string of the molecule is CCC(=O)c1c(C)[nH]c2cc(C(=O)OC)ccc12. The quantitative estimate of drug-likeness (QED) is 0.668. The molecule has 0 unspecified atom stereocenters. The van der Waals surface area contributed by atoms with Crippen LogP contribution in [-0.2, 0) is 4.74 Å². The monoisotopic (exact) mass is 245 g/mol. The molecule has 0 amide bonds. The Balaban J connectivity index is 2.61. The Morgan fingerprint density at radius 3 is 2.67 bits per heavy atom. The number of hydrogen-bond acceptors (Lipinski definition) is 3. The first-order valence-electron chi connectivity index (χ1n) is 5.82. The fraction of sp³-hybridized carbons (Fsp3) is 0.286. The van der Waals surface area contributed by atoms with Crippen molar-refractivity contribution < 1.29 is 14.3 Å². The van der Waals surface area contributed by atoms with Crippen molar-refractivity contribution in [3.05, 3.63) is 35.0 Å². The standard InChI is InChI=1S/C14H15NO3/c1-4-12(16)13-8(2)15-11-7-9(14(17)18-3)5-6-10(11)13/h5-7,15H,4H2,1-3H3. The number of esters is 1. The molecule has 0 radical (unpaired) electrons. The molecular formula is C14H15NO3. The lowest BCUT2D eigenvalue weighted by molar-refractivity contribution is 0.0600. The van der Waals surface area contributed by atoms with Gasteiger partial charge >= 0.3 is 5.97 Å². The van der Waals surface area contributed by atoms with Crippen molar-refractivity contribution in [2.24, 2.45) is 0 Å². The first kappa shape index (κ1) is 12.4. The number of carbonyl (C=O) groups is 2. The number of aryl methyl sites for hydroxylation is 1. The van der Waals surface area contributed by atoms with E-state index in [1.165, 1.54) is 7.11 Å². The molecule has 1 aromatic carbocycles. The lowest BCUT2D eigenvalue weighted by atomic mass is 10.0. The molecule has 0 fully saturated rings. The normalized spacial score (nSPS) is 10.6. The molecule has 1 N–H and O–H groups in total. The summed E-state index contributed by atoms with van der Waals surface area (Å²) in [6.07, 6.45) is 0.465. The molecule has 2 rings (SSSR count). The van der Waals surface area contributed by atoms with Crippen LogP contribution in [0.25, 0.3) is 10.9 Å². The van der Waals surface area contributed by atoms with E-state index in [0.717, 1.165) is 16.6 Å². The van der Waals surface area contributed by atoms with E-state index in [1.807, 2.05) is 13.8 Å². The topological polar surface area (TPSA) is 59.2 Å². The third-order valence-corrected chi connectivity index (χ3v) is 3.01. The fourth-order valence-electron chi connectivity index (χ4n) is 2.11. The summed E-state index contributed by atoms with van der Waals surface area (Å²) in [6.45, 7) is 3.70. The first-order chi connectivity index (χ1) is 8.58. The summed E-state index contributed by atoms with van der Waals surface area (Å²) < 4.78 is 4.67. The molecule has 4 heteroatoms. The summed E-state index contributed by atoms with van der Waals surface area (Å²) in [5, 5.41) is 0.854. The molecule has 18 heavy (non-hydrogen) atoms. The number of rotatable bonds is 3. The van der Waals surface area contributed by atoms with Gasteiger partial charge in [0.05, 0.1) is 12.7 Å². The van der Waals surface area contributed by atoms with E-state index >= 15 is 0 Å². The second-order valence-corrected chi connectivity index (χ2v) is 4.15. The predicted octanol–water partition coefficient (Wildman–Crippen LogP) is 2.86. The zero-order valence-electron chi connectivity index (χ0n) is 10.7. The molecule has 94 valence electrons. The highest BCUT2D eigenvalue weighted by Crippen LogP contribution is 2.24. The predicted molar refractivity (Wildman–Crippen MR) is 69.0 cm³/mol. The van der Waals surface area contributed by atoms with Gasteiger partial charge in [0.15, 0.2) is 5.78 Å². The van der Waals surface area contributed by atoms with E-state index in [2.05, 4.69) is 9.72 Å². The first-order valence-corrected chi connectivity index (χ1v) is 5.82. The third-order valence-electron chi connectivity index (χ3n) is 3.01. The Bertz CT molecular complexity index is 625. The number of H-pyrrole nitrogens is 1. The van der Waals surface area contributed by atoms with Crippen LogP contribution in [0.5, 0.6) is 0 Å². The van der Waals surface area contributed by atoms with Crippen LogP contribution in [0.4, 0.5) is 0 Å². The Morgan fingerprint density at radius 1 is 1.33 bits per heavy atom. The minimum Gasteiger partial charge on any atom is -0.465 e. The highest BCUT2D eigenvalue weighted by atomic mass is 16.5. The van der Waals surface area contributed by atoms with Crippen LogP contribution in [0.15, 0.2) is 18.2 Å². The van der Waals surface area contributed by atoms with E-state index in [-0.39, 0.29) is 11.8 Å². The van der Waals surface area contributed by atoms with Gasteiger partial charge < -0.3 is 9.72 Å². The van der Waals surface area contributed by atoms with Crippen LogP contribution in [0, 0.1) is 6.92 Å². The molecule has 0 aliphatic rings. The maximum Gasteiger partial charge on any atom is 0.337 e. The maximum atomic E-state index is 11.9. The lowest BCUT2D eigenvalue weighted by Gasteiger charge is -2.00. The number of Topliss-reactive ketones (excluding diaryl/α,β-unsaturated/α-hetero) is 1. The smallest absolute Gasteiger partial charge is 0.337 e. The largest absolute Gasteiger partial charge is 0.465 e. The van der Waals surface area contributed by atoms with Crippen LogP contribution in [-0.4, -0.2) is 23.8 Å². The van der Waals surface area contributed by atoms with Gasteiger partial charge in [-0.1, -0.05) is 13.0 Å². The third kappa shape index (κ3) is 1.90. The molecule has 0 bridgehead atoms. The summed E-state index contributed by atoms with van der Waals surface area (Å²) in [6, 6.07) is 5.17. The molecule has 0 spiro atoms. The second kappa shape index (κ2) is 4.64. The summed E-state index contributed by atoms with van der Waals surface area (Å²) in [5.41, 5.74) is 2.80. The maximum absolute atomic E-state index is 11.9. The van der Waals surface area contributed by atoms with Crippen molar-refractivity contribution in [1.29, 1.82) is 0 Å². The summed E-state index contributed by atoms with van der Waals surface area (Å²) in [4.78, 5) is 26.4. The van der Waals surface area contributed by atoms with Gasteiger partial charge in [0.2, 0.25) is 0 Å². The van der Waals surface area contributed by atoms with Crippen LogP contribution in [0.2, 0.25) is 0 Å². The van der Waals surface area contributed by atoms with Crippen molar-refractivity contribution in [3.8, 4) is 0 Å². The number of aromatic nitrogens is 1. The van der Waals surface area contributed by atoms with Gasteiger partial charge in [-0.05, 0) is 19.1 Å². The minimum absolute atomic E-state index is 0.101. The summed E-state index contributed by atoms with van der Waals surface area (Å²) >= 11 is 0. The van der Waals surface area contributed by atoms with Crippen molar-refractivity contribution in [1.82, 2.24) is 4.98 Å². The number of aromatic amines is 1. The second-order valence-electron chi connectivity index (χ2n) is 4.15. The average Bonchev–Trinajstić information content (AvgIpc) is 2.71. The van der Waals surface area contributed by atoms with Crippen molar-refractivity contribution >= 4 is 22.7 Å². The number of carbonyl (C=O) groups excluding carboxylic acids is 2. The number of ketones is 1. The van der Waals surface area contributed by atoms with Crippen molar-refractivity contribution in [2.45, 2.75) is 20.3 Å². The van der Waals surface area contributed by atoms with Crippen molar-refractivity contribution in [2.75, 3.05) is 7.11 Å². The van der Waals surface area contributed by atoms with Gasteiger partial charge in [-0.25, -0.2) is 4.79 Å². The van der Waals surface area contributed by atoms with Crippen LogP contribution in [0.1, 0.15) is 39.8 Å². The Kier molecular flexibility index (Phi) is 3.19. The number of methoxy groups -OCH3 is 1. The van der Waals surface area contributed by atoms with E-state index < -0.39 is 0 Å². The molecule has 2 aromatic rings. The van der Waals surface area contributed by atoms with Crippen LogP contribution in [0.3, 0.4) is 0 Å². The Hall–Kier alpha value is -2.10.